The van der Waals surface area contributed by atoms with Crippen molar-refractivity contribution >= 4 is 82.1 Å². The van der Waals surface area contributed by atoms with Crippen molar-refractivity contribution in [3.05, 3.63) is 224 Å². The van der Waals surface area contributed by atoms with E-state index in [0.29, 0.717) is 0 Å². The molecule has 0 N–H and O–H groups in total. The van der Waals surface area contributed by atoms with E-state index in [4.69, 9.17) is 4.42 Å². The minimum atomic E-state index is 0.887. The number of para-hydroxylation sites is 1. The molecule has 0 aliphatic heterocycles. The fourth-order valence-corrected chi connectivity index (χ4v) is 9.34. The van der Waals surface area contributed by atoms with Crippen LogP contribution in [0.25, 0.3) is 98.4 Å². The molecule has 11 aromatic carbocycles. The molecule has 12 aromatic rings. The van der Waals surface area contributed by atoms with Crippen LogP contribution in [0.5, 0.6) is 0 Å². The van der Waals surface area contributed by atoms with Gasteiger partial charge in [0.1, 0.15) is 11.2 Å². The van der Waals surface area contributed by atoms with E-state index in [2.05, 4.69) is 229 Å². The summed E-state index contributed by atoms with van der Waals surface area (Å²) < 4.78 is 6.44. The molecule has 0 aliphatic carbocycles. The summed E-state index contributed by atoms with van der Waals surface area (Å²) in [6.07, 6.45) is 0. The first-order valence-corrected chi connectivity index (χ1v) is 20.6. The number of anilines is 3. The van der Waals surface area contributed by atoms with Crippen LogP contribution in [0.3, 0.4) is 0 Å². The van der Waals surface area contributed by atoms with Crippen molar-refractivity contribution < 1.29 is 4.42 Å². The Balaban J connectivity index is 1.03. The van der Waals surface area contributed by atoms with E-state index in [9.17, 15) is 0 Å². The Bertz CT molecular complexity index is 3610. The summed E-state index contributed by atoms with van der Waals surface area (Å²) in [7, 11) is 0. The highest BCUT2D eigenvalue weighted by Gasteiger charge is 2.20. The predicted molar refractivity (Wildman–Crippen MR) is 255 cm³/mol. The highest BCUT2D eigenvalue weighted by atomic mass is 16.3. The van der Waals surface area contributed by atoms with Gasteiger partial charge in [0.05, 0.1) is 5.69 Å². The molecular formula is C58H37NO. The van der Waals surface area contributed by atoms with Crippen LogP contribution in [0, 0.1) is 0 Å². The second-order valence-electron chi connectivity index (χ2n) is 15.7. The number of furan rings is 1. The molecule has 0 radical (unpaired) electrons. The quantitative estimate of drug-likeness (QED) is 0.157. The average Bonchev–Trinajstić information content (AvgIpc) is 3.67. The Morgan fingerprint density at radius 3 is 1.70 bits per heavy atom. The van der Waals surface area contributed by atoms with Crippen LogP contribution >= 0.6 is 0 Å². The molecule has 0 aliphatic rings. The molecule has 0 atom stereocenters. The smallest absolute Gasteiger partial charge is 0.136 e. The zero-order chi connectivity index (χ0) is 39.6. The first kappa shape index (κ1) is 34.1. The molecule has 1 heterocycles. The van der Waals surface area contributed by atoms with Gasteiger partial charge in [-0.05, 0) is 126 Å². The summed E-state index contributed by atoms with van der Waals surface area (Å²) in [5.74, 6) is 0. The van der Waals surface area contributed by atoms with Gasteiger partial charge in [0.25, 0.3) is 0 Å². The maximum atomic E-state index is 6.44. The number of nitrogens with zero attached hydrogens (tertiary/aromatic N) is 1. The van der Waals surface area contributed by atoms with E-state index >= 15 is 0 Å². The second kappa shape index (κ2) is 13.9. The van der Waals surface area contributed by atoms with Crippen LogP contribution < -0.4 is 4.90 Å². The van der Waals surface area contributed by atoms with Gasteiger partial charge in [-0.1, -0.05) is 170 Å². The SMILES string of the molecule is c1cc(-c2cccc3ccccc23)cc(N(c2ccc(-c3cccc4c3ccc3ccccc34)cc2)c2ccccc2-c2ccc3oc4cc5ccccc5cc4c3c2)c1. The van der Waals surface area contributed by atoms with Crippen LogP contribution in [0.4, 0.5) is 17.1 Å². The molecular weight excluding hydrogens is 727 g/mol. The first-order chi connectivity index (χ1) is 29.7. The lowest BCUT2D eigenvalue weighted by Gasteiger charge is -2.28. The molecule has 0 bridgehead atoms. The molecule has 0 spiro atoms. The van der Waals surface area contributed by atoms with E-state index in [0.717, 1.165) is 50.1 Å². The maximum absolute atomic E-state index is 6.44. The van der Waals surface area contributed by atoms with Gasteiger partial charge in [0.15, 0.2) is 0 Å². The van der Waals surface area contributed by atoms with E-state index in [1.54, 1.807) is 0 Å². The van der Waals surface area contributed by atoms with Crippen molar-refractivity contribution in [1.29, 1.82) is 0 Å². The molecule has 0 saturated heterocycles. The Hall–Kier alpha value is -7.94. The second-order valence-corrected chi connectivity index (χ2v) is 15.7. The highest BCUT2D eigenvalue weighted by molar-refractivity contribution is 6.13. The molecule has 2 heteroatoms. The normalized spacial score (nSPS) is 11.7. The van der Waals surface area contributed by atoms with Crippen LogP contribution in [-0.2, 0) is 0 Å². The third-order valence-corrected chi connectivity index (χ3v) is 12.2. The minimum Gasteiger partial charge on any atom is -0.456 e. The van der Waals surface area contributed by atoms with E-state index in [-0.39, 0.29) is 0 Å². The predicted octanol–water partition coefficient (Wildman–Crippen LogP) is 16.7. The van der Waals surface area contributed by atoms with Gasteiger partial charge in [-0.2, -0.15) is 0 Å². The van der Waals surface area contributed by atoms with Gasteiger partial charge in [-0.25, -0.2) is 0 Å². The number of fused-ring (bicyclic) bond motifs is 8. The van der Waals surface area contributed by atoms with Gasteiger partial charge in [0.2, 0.25) is 0 Å². The molecule has 0 unspecified atom stereocenters. The fourth-order valence-electron chi connectivity index (χ4n) is 9.34. The summed E-state index contributed by atoms with van der Waals surface area (Å²) in [5.41, 5.74) is 12.1. The Kier molecular flexibility index (Phi) is 7.89. The Morgan fingerprint density at radius 2 is 0.850 bits per heavy atom. The number of benzene rings is 11. The zero-order valence-electron chi connectivity index (χ0n) is 32.7. The third-order valence-electron chi connectivity index (χ3n) is 12.2. The lowest BCUT2D eigenvalue weighted by molar-refractivity contribution is 0.669. The zero-order valence-corrected chi connectivity index (χ0v) is 32.7. The fraction of sp³-hybridized carbons (Fsp3) is 0. The van der Waals surface area contributed by atoms with Crippen molar-refractivity contribution in [3.63, 3.8) is 0 Å². The van der Waals surface area contributed by atoms with Crippen LogP contribution in [0.1, 0.15) is 0 Å². The highest BCUT2D eigenvalue weighted by Crippen LogP contribution is 2.45. The average molecular weight is 764 g/mol. The van der Waals surface area contributed by atoms with Crippen LogP contribution in [0.2, 0.25) is 0 Å². The molecule has 280 valence electrons. The van der Waals surface area contributed by atoms with Gasteiger partial charge >= 0.3 is 0 Å². The summed E-state index contributed by atoms with van der Waals surface area (Å²) >= 11 is 0. The van der Waals surface area contributed by atoms with Gasteiger partial charge in [-0.3, -0.25) is 0 Å². The summed E-state index contributed by atoms with van der Waals surface area (Å²) in [6, 6.07) is 81.4. The Morgan fingerprint density at radius 1 is 0.267 bits per heavy atom. The summed E-state index contributed by atoms with van der Waals surface area (Å²) in [5, 5.41) is 12.1. The topological polar surface area (TPSA) is 16.4 Å². The van der Waals surface area contributed by atoms with Crippen molar-refractivity contribution in [2.24, 2.45) is 0 Å². The lowest BCUT2D eigenvalue weighted by atomic mass is 9.94. The molecule has 60 heavy (non-hydrogen) atoms. The molecule has 12 rings (SSSR count). The molecule has 0 saturated carbocycles. The van der Waals surface area contributed by atoms with E-state index in [1.807, 2.05) is 0 Å². The molecule has 0 amide bonds. The largest absolute Gasteiger partial charge is 0.456 e. The van der Waals surface area contributed by atoms with Gasteiger partial charge in [-0.15, -0.1) is 0 Å². The minimum absolute atomic E-state index is 0.887. The number of rotatable bonds is 6. The van der Waals surface area contributed by atoms with Crippen molar-refractivity contribution in [2.45, 2.75) is 0 Å². The van der Waals surface area contributed by atoms with Crippen LogP contribution in [-0.4, -0.2) is 0 Å². The lowest BCUT2D eigenvalue weighted by Crippen LogP contribution is -2.11. The summed E-state index contributed by atoms with van der Waals surface area (Å²) in [6.45, 7) is 0. The van der Waals surface area contributed by atoms with Crippen molar-refractivity contribution in [3.8, 4) is 33.4 Å². The molecule has 0 fully saturated rings. The standard InChI is InChI=1S/C58H37NO/c1-2-15-42-37-58-55(35-41(42)14-1)54-36-44(29-33-57(54)60-58)51-21-7-8-25-56(51)59(46-18-9-17-43(34-46)50-22-10-16-38-12-3-5-19-47(38)50)45-30-26-40(27-31-45)49-23-11-24-52-48-20-6-4-13-39(48)28-32-53(49)52/h1-37H. The third kappa shape index (κ3) is 5.65. The Labute approximate surface area is 347 Å². The van der Waals surface area contributed by atoms with Gasteiger partial charge < -0.3 is 9.32 Å². The molecule has 1 aromatic heterocycles. The maximum Gasteiger partial charge on any atom is 0.136 e. The number of hydrogen-bond donors (Lipinski definition) is 0. The summed E-state index contributed by atoms with van der Waals surface area (Å²) in [4.78, 5) is 2.41. The van der Waals surface area contributed by atoms with Crippen molar-refractivity contribution in [2.75, 3.05) is 4.90 Å². The monoisotopic (exact) mass is 763 g/mol. The van der Waals surface area contributed by atoms with E-state index in [1.165, 1.54) is 65.3 Å². The number of hydrogen-bond acceptors (Lipinski definition) is 2. The van der Waals surface area contributed by atoms with Crippen LogP contribution in [0.15, 0.2) is 229 Å². The van der Waals surface area contributed by atoms with Crippen molar-refractivity contribution in [1.82, 2.24) is 0 Å². The van der Waals surface area contributed by atoms with Gasteiger partial charge in [0, 0.05) is 27.7 Å². The van der Waals surface area contributed by atoms with E-state index < -0.39 is 0 Å². The molecule has 2 nitrogen and oxygen atoms in total. The first-order valence-electron chi connectivity index (χ1n) is 20.6.